The number of carbonyl (C=O) groups excluding carboxylic acids is 1. The fourth-order valence-corrected chi connectivity index (χ4v) is 3.71. The SMILES string of the molecule is COc1cc(C=C2O[C@@H](C)CN(Cc3cc(F)c(F)c(F)c3)C2=O)ccc1-n1cnc(C)c1. The predicted molar refractivity (Wildman–Crippen MR) is 115 cm³/mol. The number of imidazole rings is 1. The number of rotatable bonds is 5. The van der Waals surface area contributed by atoms with Crippen LogP contribution < -0.4 is 4.74 Å². The lowest BCUT2D eigenvalue weighted by Gasteiger charge is -2.33. The Bertz CT molecular complexity index is 1220. The van der Waals surface area contributed by atoms with Gasteiger partial charge in [0.05, 0.1) is 31.4 Å². The zero-order valence-electron chi connectivity index (χ0n) is 18.3. The molecular weight excluding hydrogens is 435 g/mol. The van der Waals surface area contributed by atoms with Gasteiger partial charge in [0, 0.05) is 12.7 Å². The molecule has 0 radical (unpaired) electrons. The van der Waals surface area contributed by atoms with Crippen molar-refractivity contribution in [1.82, 2.24) is 14.5 Å². The first-order valence-electron chi connectivity index (χ1n) is 10.2. The lowest BCUT2D eigenvalue weighted by molar-refractivity contribution is -0.139. The van der Waals surface area contributed by atoms with E-state index >= 15 is 0 Å². The van der Waals surface area contributed by atoms with Crippen molar-refractivity contribution in [2.75, 3.05) is 13.7 Å². The molecule has 1 atom stereocenters. The average Bonchev–Trinajstić information content (AvgIpc) is 3.21. The number of halogens is 3. The van der Waals surface area contributed by atoms with Crippen molar-refractivity contribution in [2.45, 2.75) is 26.5 Å². The van der Waals surface area contributed by atoms with Crippen LogP contribution in [0.1, 0.15) is 23.7 Å². The number of hydrogen-bond acceptors (Lipinski definition) is 4. The predicted octanol–water partition coefficient (Wildman–Crippen LogP) is 4.40. The highest BCUT2D eigenvalue weighted by atomic mass is 19.2. The topological polar surface area (TPSA) is 56.6 Å². The van der Waals surface area contributed by atoms with Crippen LogP contribution in [0.5, 0.6) is 5.75 Å². The van der Waals surface area contributed by atoms with Crippen molar-refractivity contribution in [1.29, 1.82) is 0 Å². The van der Waals surface area contributed by atoms with E-state index in [2.05, 4.69) is 4.98 Å². The average molecular weight is 457 g/mol. The van der Waals surface area contributed by atoms with Crippen molar-refractivity contribution in [3.63, 3.8) is 0 Å². The van der Waals surface area contributed by atoms with Gasteiger partial charge in [0.2, 0.25) is 0 Å². The molecule has 0 aliphatic carbocycles. The molecule has 1 amide bonds. The number of benzene rings is 2. The Kier molecular flexibility index (Phi) is 6.13. The number of morpholine rings is 1. The van der Waals surface area contributed by atoms with Gasteiger partial charge in [-0.3, -0.25) is 4.79 Å². The number of carbonyl (C=O) groups is 1. The van der Waals surface area contributed by atoms with Crippen LogP contribution in [-0.2, 0) is 16.1 Å². The molecule has 1 saturated heterocycles. The molecule has 0 saturated carbocycles. The number of amides is 1. The molecule has 6 nitrogen and oxygen atoms in total. The minimum Gasteiger partial charge on any atom is -0.495 e. The first-order valence-corrected chi connectivity index (χ1v) is 10.2. The van der Waals surface area contributed by atoms with Gasteiger partial charge in [0.15, 0.2) is 23.2 Å². The molecule has 4 rings (SSSR count). The fourth-order valence-electron chi connectivity index (χ4n) is 3.71. The number of ether oxygens (including phenoxy) is 2. The van der Waals surface area contributed by atoms with Crippen LogP contribution in [0, 0.1) is 24.4 Å². The fraction of sp³-hybridized carbons (Fsp3) is 0.250. The van der Waals surface area contributed by atoms with Crippen molar-refractivity contribution in [2.24, 2.45) is 0 Å². The molecule has 1 aromatic heterocycles. The highest BCUT2D eigenvalue weighted by Gasteiger charge is 2.29. The van der Waals surface area contributed by atoms with E-state index in [9.17, 15) is 18.0 Å². The zero-order chi connectivity index (χ0) is 23.7. The second-order valence-corrected chi connectivity index (χ2v) is 7.85. The standard InChI is InChI=1S/C24H22F3N3O3/c1-14-10-30(13-28-14)20-5-4-16(8-21(20)32-3)9-22-24(31)29(11-15(2)33-22)12-17-6-18(25)23(27)19(26)7-17/h4-10,13,15H,11-12H2,1-3H3/t15-/m0/s1. The Morgan fingerprint density at radius 2 is 1.94 bits per heavy atom. The molecule has 9 heteroatoms. The van der Waals surface area contributed by atoms with Crippen LogP contribution in [0.15, 0.2) is 48.6 Å². The summed E-state index contributed by atoms with van der Waals surface area (Å²) in [5.41, 5.74) is 2.46. The number of aromatic nitrogens is 2. The molecule has 0 spiro atoms. The van der Waals surface area contributed by atoms with E-state index in [4.69, 9.17) is 9.47 Å². The molecule has 0 N–H and O–H groups in total. The van der Waals surface area contributed by atoms with Gasteiger partial charge in [-0.15, -0.1) is 0 Å². The largest absolute Gasteiger partial charge is 0.495 e. The van der Waals surface area contributed by atoms with Gasteiger partial charge >= 0.3 is 0 Å². The third kappa shape index (κ3) is 4.72. The number of hydrogen-bond donors (Lipinski definition) is 0. The monoisotopic (exact) mass is 457 g/mol. The summed E-state index contributed by atoms with van der Waals surface area (Å²) in [6, 6.07) is 7.19. The minimum atomic E-state index is -1.54. The number of nitrogens with zero attached hydrogens (tertiary/aromatic N) is 3. The maximum atomic E-state index is 13.6. The normalized spacial score (nSPS) is 17.4. The van der Waals surface area contributed by atoms with Gasteiger partial charge in [-0.2, -0.15) is 0 Å². The highest BCUT2D eigenvalue weighted by Crippen LogP contribution is 2.27. The second-order valence-electron chi connectivity index (χ2n) is 7.85. The molecule has 1 fully saturated rings. The van der Waals surface area contributed by atoms with E-state index in [1.165, 1.54) is 4.90 Å². The third-order valence-electron chi connectivity index (χ3n) is 5.21. The Morgan fingerprint density at radius 3 is 2.58 bits per heavy atom. The second kappa shape index (κ2) is 9.01. The van der Waals surface area contributed by atoms with Crippen LogP contribution >= 0.6 is 0 Å². The quantitative estimate of drug-likeness (QED) is 0.421. The van der Waals surface area contributed by atoms with Gasteiger partial charge in [-0.25, -0.2) is 18.2 Å². The Morgan fingerprint density at radius 1 is 1.21 bits per heavy atom. The molecular formula is C24H22F3N3O3. The highest BCUT2D eigenvalue weighted by molar-refractivity contribution is 5.96. The summed E-state index contributed by atoms with van der Waals surface area (Å²) < 4.78 is 53.5. The maximum absolute atomic E-state index is 13.6. The van der Waals surface area contributed by atoms with Crippen molar-refractivity contribution >= 4 is 12.0 Å². The molecule has 3 aromatic rings. The Hall–Kier alpha value is -3.75. The van der Waals surface area contributed by atoms with E-state index in [1.54, 1.807) is 32.5 Å². The Balaban J connectivity index is 1.60. The van der Waals surface area contributed by atoms with Crippen LogP contribution in [0.2, 0.25) is 0 Å². The number of methoxy groups -OCH3 is 1. The molecule has 1 aliphatic heterocycles. The van der Waals surface area contributed by atoms with Gasteiger partial charge in [0.25, 0.3) is 5.91 Å². The molecule has 0 bridgehead atoms. The van der Waals surface area contributed by atoms with Crippen LogP contribution in [-0.4, -0.2) is 40.1 Å². The first kappa shape index (κ1) is 22.4. The van der Waals surface area contributed by atoms with Crippen molar-refractivity contribution in [3.8, 4) is 11.4 Å². The first-order chi connectivity index (χ1) is 15.7. The summed E-state index contributed by atoms with van der Waals surface area (Å²) in [5, 5.41) is 0. The summed E-state index contributed by atoms with van der Waals surface area (Å²) in [7, 11) is 1.55. The van der Waals surface area contributed by atoms with E-state index in [-0.39, 0.29) is 30.5 Å². The van der Waals surface area contributed by atoms with Gasteiger partial charge < -0.3 is 18.9 Å². The molecule has 2 aromatic carbocycles. The van der Waals surface area contributed by atoms with Gasteiger partial charge in [-0.05, 0) is 55.3 Å². The van der Waals surface area contributed by atoms with Crippen molar-refractivity contribution < 1.29 is 27.4 Å². The van der Waals surface area contributed by atoms with Gasteiger partial charge in [0.1, 0.15) is 11.9 Å². The van der Waals surface area contributed by atoms with E-state index < -0.39 is 23.4 Å². The summed E-state index contributed by atoms with van der Waals surface area (Å²) in [6.07, 6.45) is 4.78. The smallest absolute Gasteiger partial charge is 0.289 e. The lowest BCUT2D eigenvalue weighted by atomic mass is 10.1. The van der Waals surface area contributed by atoms with Crippen LogP contribution in [0.4, 0.5) is 13.2 Å². The molecule has 1 aliphatic rings. The molecule has 2 heterocycles. The van der Waals surface area contributed by atoms with Crippen molar-refractivity contribution in [3.05, 3.63) is 82.9 Å². The molecule has 0 unspecified atom stereocenters. The lowest BCUT2D eigenvalue weighted by Crippen LogP contribution is -2.43. The zero-order valence-corrected chi connectivity index (χ0v) is 18.3. The maximum Gasteiger partial charge on any atom is 0.289 e. The van der Waals surface area contributed by atoms with Crippen LogP contribution in [0.3, 0.4) is 0 Å². The summed E-state index contributed by atoms with van der Waals surface area (Å²) in [5.74, 6) is -3.90. The van der Waals surface area contributed by atoms with Gasteiger partial charge in [-0.1, -0.05) is 6.07 Å². The summed E-state index contributed by atoms with van der Waals surface area (Å²) >= 11 is 0. The van der Waals surface area contributed by atoms with E-state index in [1.807, 2.05) is 29.8 Å². The molecule has 33 heavy (non-hydrogen) atoms. The molecule has 172 valence electrons. The Labute approximate surface area is 188 Å². The van der Waals surface area contributed by atoms with E-state index in [0.29, 0.717) is 11.3 Å². The minimum absolute atomic E-state index is 0.0831. The number of aryl methyl sites for hydroxylation is 1. The van der Waals surface area contributed by atoms with E-state index in [0.717, 1.165) is 23.5 Å². The van der Waals surface area contributed by atoms with Crippen LogP contribution in [0.25, 0.3) is 11.8 Å². The summed E-state index contributed by atoms with van der Waals surface area (Å²) in [4.78, 5) is 18.6. The summed E-state index contributed by atoms with van der Waals surface area (Å²) in [6.45, 7) is 3.80. The third-order valence-corrected chi connectivity index (χ3v) is 5.21.